The number of rotatable bonds is 73. The lowest BCUT2D eigenvalue weighted by Crippen LogP contribution is -2.45. The number of nitrogens with one attached hydrogen (secondary N) is 1. The van der Waals surface area contributed by atoms with Crippen LogP contribution in [0.3, 0.4) is 0 Å². The molecule has 498 valence electrons. The smallest absolute Gasteiger partial charge is 0.305 e. The number of aliphatic hydroxyl groups is 2. The van der Waals surface area contributed by atoms with Crippen molar-refractivity contribution in [1.29, 1.82) is 0 Å². The van der Waals surface area contributed by atoms with E-state index >= 15 is 0 Å². The quantitative estimate of drug-likeness (QED) is 0.0320. The molecule has 6 heteroatoms. The van der Waals surface area contributed by atoms with E-state index < -0.39 is 12.1 Å². The van der Waals surface area contributed by atoms with E-state index in [2.05, 4.69) is 31.3 Å². The van der Waals surface area contributed by atoms with E-state index in [9.17, 15) is 19.8 Å². The summed E-state index contributed by atoms with van der Waals surface area (Å²) in [6.07, 6.45) is 94.4. The number of aliphatic hydroxyl groups excluding tert-OH is 2. The summed E-state index contributed by atoms with van der Waals surface area (Å²) in [5, 5.41) is 23.2. The summed E-state index contributed by atoms with van der Waals surface area (Å²) >= 11 is 0. The molecule has 0 bridgehead atoms. The summed E-state index contributed by atoms with van der Waals surface area (Å²) in [4.78, 5) is 24.6. The fraction of sp³-hybridized carbons (Fsp3) is 0.923. The van der Waals surface area contributed by atoms with Crippen molar-refractivity contribution in [3.8, 4) is 0 Å². The Morgan fingerprint density at radius 2 is 0.560 bits per heavy atom. The van der Waals surface area contributed by atoms with Gasteiger partial charge in [-0.25, -0.2) is 0 Å². The molecule has 0 aromatic carbocycles. The van der Waals surface area contributed by atoms with Crippen molar-refractivity contribution >= 4 is 11.9 Å². The van der Waals surface area contributed by atoms with Crippen molar-refractivity contribution in [3.05, 3.63) is 24.3 Å². The maximum Gasteiger partial charge on any atom is 0.305 e. The van der Waals surface area contributed by atoms with Crippen LogP contribution in [0, 0.1) is 0 Å². The summed E-state index contributed by atoms with van der Waals surface area (Å²) in [5.41, 5.74) is 0. The standard InChI is InChI=1S/C78H151NO5/c1-3-5-7-9-11-13-15-17-19-38-42-46-50-54-58-62-66-70-76(81)75(74-80)79-77(82)71-67-63-59-55-51-47-43-40-36-34-32-30-28-26-24-22-21-23-25-27-29-31-33-35-37-41-45-49-53-57-61-65-69-73-84-78(83)72-68-64-60-56-52-48-44-39-20-18-16-14-12-10-8-6-4-2/h18,20,66,70,75-76,80-81H,3-17,19,21-65,67-69,71-74H2,1-2H3,(H,79,82)/b20-18-,70-66+. The highest BCUT2D eigenvalue weighted by molar-refractivity contribution is 5.76. The van der Waals surface area contributed by atoms with Crippen molar-refractivity contribution in [2.45, 2.75) is 450 Å². The van der Waals surface area contributed by atoms with Crippen LogP contribution >= 0.6 is 0 Å². The molecule has 0 radical (unpaired) electrons. The Hall–Kier alpha value is -1.66. The molecule has 0 aliphatic carbocycles. The highest BCUT2D eigenvalue weighted by Gasteiger charge is 2.18. The highest BCUT2D eigenvalue weighted by Crippen LogP contribution is 2.20. The monoisotopic (exact) mass is 1180 g/mol. The van der Waals surface area contributed by atoms with Gasteiger partial charge in [-0.05, 0) is 57.8 Å². The molecule has 0 aliphatic rings. The zero-order valence-electron chi connectivity index (χ0n) is 57.2. The lowest BCUT2D eigenvalue weighted by atomic mass is 10.0. The maximum atomic E-state index is 12.5. The molecule has 2 atom stereocenters. The number of hydrogen-bond donors (Lipinski definition) is 3. The third-order valence-corrected chi connectivity index (χ3v) is 18.2. The zero-order valence-corrected chi connectivity index (χ0v) is 57.2. The van der Waals surface area contributed by atoms with Crippen LogP contribution in [0.25, 0.3) is 0 Å². The molecule has 3 N–H and O–H groups in total. The van der Waals surface area contributed by atoms with Gasteiger partial charge in [-0.1, -0.05) is 391 Å². The van der Waals surface area contributed by atoms with Crippen LogP contribution in [-0.2, 0) is 14.3 Å². The van der Waals surface area contributed by atoms with Gasteiger partial charge in [-0.3, -0.25) is 9.59 Å². The second-order valence-corrected chi connectivity index (χ2v) is 26.7. The lowest BCUT2D eigenvalue weighted by Gasteiger charge is -2.20. The van der Waals surface area contributed by atoms with E-state index in [-0.39, 0.29) is 18.5 Å². The largest absolute Gasteiger partial charge is 0.466 e. The molecule has 0 aromatic rings. The average molecular weight is 1180 g/mol. The van der Waals surface area contributed by atoms with E-state index in [4.69, 9.17) is 4.74 Å². The van der Waals surface area contributed by atoms with Crippen molar-refractivity contribution in [1.82, 2.24) is 5.32 Å². The first kappa shape index (κ1) is 82.3. The lowest BCUT2D eigenvalue weighted by molar-refractivity contribution is -0.143. The number of carbonyl (C=O) groups excluding carboxylic acids is 2. The summed E-state index contributed by atoms with van der Waals surface area (Å²) in [5.74, 6) is -0.0405. The van der Waals surface area contributed by atoms with Gasteiger partial charge in [0, 0.05) is 12.8 Å². The molecular weight excluding hydrogens is 1030 g/mol. The second kappa shape index (κ2) is 73.8. The number of carbonyl (C=O) groups is 2. The SMILES string of the molecule is CCCCCCCC/C=C\CCCCCCCCCC(=O)OCCCCCCCCCCCCCCCCCCCCCCCCCCCCCCCCCCCC(=O)NC(CO)C(O)/C=C/CCCCCCCCCCCCCCCCC. The molecule has 0 aliphatic heterocycles. The number of esters is 1. The van der Waals surface area contributed by atoms with Crippen LogP contribution < -0.4 is 5.32 Å². The Labute approximate surface area is 526 Å². The van der Waals surface area contributed by atoms with E-state index in [0.29, 0.717) is 19.4 Å². The van der Waals surface area contributed by atoms with Crippen LogP contribution in [0.5, 0.6) is 0 Å². The Morgan fingerprint density at radius 3 is 0.845 bits per heavy atom. The van der Waals surface area contributed by atoms with E-state index in [1.54, 1.807) is 6.08 Å². The summed E-state index contributed by atoms with van der Waals surface area (Å²) in [6.45, 7) is 4.95. The van der Waals surface area contributed by atoms with Gasteiger partial charge in [0.05, 0.1) is 25.4 Å². The summed E-state index contributed by atoms with van der Waals surface area (Å²) < 4.78 is 5.51. The normalized spacial score (nSPS) is 12.6. The average Bonchev–Trinajstić information content (AvgIpc) is 3.51. The number of amides is 1. The van der Waals surface area contributed by atoms with Gasteiger partial charge in [0.2, 0.25) is 5.91 Å². The Bertz CT molecular complexity index is 1320. The van der Waals surface area contributed by atoms with Crippen molar-refractivity contribution in [3.63, 3.8) is 0 Å². The predicted octanol–water partition coefficient (Wildman–Crippen LogP) is 25.3. The molecular formula is C78H151NO5. The van der Waals surface area contributed by atoms with Gasteiger partial charge in [0.15, 0.2) is 0 Å². The molecule has 84 heavy (non-hydrogen) atoms. The summed E-state index contributed by atoms with van der Waals surface area (Å²) in [7, 11) is 0. The molecule has 0 saturated heterocycles. The minimum Gasteiger partial charge on any atom is -0.466 e. The minimum absolute atomic E-state index is 0.0190. The fourth-order valence-electron chi connectivity index (χ4n) is 12.3. The number of unbranched alkanes of at least 4 members (excludes halogenated alkanes) is 60. The van der Waals surface area contributed by atoms with Gasteiger partial charge < -0.3 is 20.3 Å². The van der Waals surface area contributed by atoms with Crippen LogP contribution in [0.4, 0.5) is 0 Å². The zero-order chi connectivity index (χ0) is 60.6. The number of hydrogen-bond acceptors (Lipinski definition) is 5. The topological polar surface area (TPSA) is 95.9 Å². The number of ether oxygens (including phenoxy) is 1. The molecule has 0 spiro atoms. The van der Waals surface area contributed by atoms with Gasteiger partial charge >= 0.3 is 5.97 Å². The molecule has 0 aromatic heterocycles. The van der Waals surface area contributed by atoms with Gasteiger partial charge in [-0.2, -0.15) is 0 Å². The van der Waals surface area contributed by atoms with E-state index in [1.165, 1.54) is 372 Å². The second-order valence-electron chi connectivity index (χ2n) is 26.7. The van der Waals surface area contributed by atoms with E-state index in [1.807, 2.05) is 6.08 Å². The van der Waals surface area contributed by atoms with Gasteiger partial charge in [-0.15, -0.1) is 0 Å². The predicted molar refractivity (Wildman–Crippen MR) is 370 cm³/mol. The van der Waals surface area contributed by atoms with Crippen LogP contribution in [0.2, 0.25) is 0 Å². The van der Waals surface area contributed by atoms with E-state index in [0.717, 1.165) is 38.5 Å². The Balaban J connectivity index is 3.32. The Kier molecular flexibility index (Phi) is 72.3. The molecule has 0 heterocycles. The van der Waals surface area contributed by atoms with Crippen molar-refractivity contribution < 1.29 is 24.5 Å². The van der Waals surface area contributed by atoms with Crippen LogP contribution in [0.1, 0.15) is 438 Å². The first-order valence-corrected chi connectivity index (χ1v) is 38.6. The maximum absolute atomic E-state index is 12.5. The van der Waals surface area contributed by atoms with Crippen molar-refractivity contribution in [2.24, 2.45) is 0 Å². The highest BCUT2D eigenvalue weighted by atomic mass is 16.5. The minimum atomic E-state index is -0.841. The fourth-order valence-corrected chi connectivity index (χ4v) is 12.3. The van der Waals surface area contributed by atoms with Gasteiger partial charge in [0.25, 0.3) is 0 Å². The van der Waals surface area contributed by atoms with Crippen LogP contribution in [-0.4, -0.2) is 47.4 Å². The summed E-state index contributed by atoms with van der Waals surface area (Å²) in [6, 6.07) is -0.624. The molecule has 0 fully saturated rings. The van der Waals surface area contributed by atoms with Gasteiger partial charge in [0.1, 0.15) is 0 Å². The molecule has 1 amide bonds. The Morgan fingerprint density at radius 1 is 0.321 bits per heavy atom. The number of allylic oxidation sites excluding steroid dienone is 3. The van der Waals surface area contributed by atoms with Crippen LogP contribution in [0.15, 0.2) is 24.3 Å². The first-order chi connectivity index (χ1) is 41.5. The third kappa shape index (κ3) is 69.4. The molecule has 2 unspecified atom stereocenters. The molecule has 0 rings (SSSR count). The molecule has 0 saturated carbocycles. The first-order valence-electron chi connectivity index (χ1n) is 38.6. The molecule has 6 nitrogen and oxygen atoms in total. The third-order valence-electron chi connectivity index (χ3n) is 18.2. The van der Waals surface area contributed by atoms with Crippen molar-refractivity contribution in [2.75, 3.05) is 13.2 Å².